The minimum absolute atomic E-state index is 0.628. The third-order valence-electron chi connectivity index (χ3n) is 5.44. The summed E-state index contributed by atoms with van der Waals surface area (Å²) in [6, 6.07) is 0. The molecule has 4 rings (SSSR count). The van der Waals surface area contributed by atoms with Crippen molar-refractivity contribution in [2.75, 3.05) is 12.5 Å². The standard InChI is InChI=1S/C14H25S/c1-12-5-11-6-13(2,8-12)10-14(7-11,9-12)15(3)4/h11H,5-10H2,1-4H3/q+1. The fourth-order valence-electron chi connectivity index (χ4n) is 5.80. The Morgan fingerprint density at radius 2 is 1.40 bits per heavy atom. The van der Waals surface area contributed by atoms with Crippen LogP contribution in [-0.2, 0) is 10.9 Å². The van der Waals surface area contributed by atoms with Gasteiger partial charge in [-0.3, -0.25) is 0 Å². The van der Waals surface area contributed by atoms with Crippen LogP contribution in [0, 0.1) is 16.7 Å². The van der Waals surface area contributed by atoms with Gasteiger partial charge in [0.1, 0.15) is 4.75 Å². The van der Waals surface area contributed by atoms with Crippen LogP contribution < -0.4 is 0 Å². The molecule has 4 fully saturated rings. The molecule has 0 spiro atoms. The molecule has 86 valence electrons. The molecule has 4 saturated carbocycles. The Morgan fingerprint density at radius 1 is 0.867 bits per heavy atom. The highest BCUT2D eigenvalue weighted by molar-refractivity contribution is 7.96. The van der Waals surface area contributed by atoms with Gasteiger partial charge in [0, 0.05) is 19.3 Å². The topological polar surface area (TPSA) is 0 Å². The highest BCUT2D eigenvalue weighted by atomic mass is 32.2. The Kier molecular flexibility index (Phi) is 1.94. The van der Waals surface area contributed by atoms with E-state index >= 15 is 0 Å². The van der Waals surface area contributed by atoms with Crippen molar-refractivity contribution >= 4 is 10.9 Å². The quantitative estimate of drug-likeness (QED) is 0.598. The highest BCUT2D eigenvalue weighted by Gasteiger charge is 2.64. The van der Waals surface area contributed by atoms with Crippen LogP contribution in [0.5, 0.6) is 0 Å². The summed E-state index contributed by atoms with van der Waals surface area (Å²) in [5, 5.41) is 0. The van der Waals surface area contributed by atoms with Gasteiger partial charge in [0.15, 0.2) is 0 Å². The molecule has 0 nitrogen and oxygen atoms in total. The van der Waals surface area contributed by atoms with Crippen LogP contribution in [0.25, 0.3) is 0 Å². The second-order valence-electron chi connectivity index (χ2n) is 7.63. The maximum atomic E-state index is 2.58. The van der Waals surface area contributed by atoms with Crippen LogP contribution in [0.3, 0.4) is 0 Å². The first-order valence-electron chi connectivity index (χ1n) is 6.43. The number of hydrogen-bond donors (Lipinski definition) is 0. The van der Waals surface area contributed by atoms with Crippen LogP contribution in [0.2, 0.25) is 0 Å². The molecule has 2 unspecified atom stereocenters. The third-order valence-corrected chi connectivity index (χ3v) is 7.63. The van der Waals surface area contributed by atoms with Gasteiger partial charge in [-0.2, -0.15) is 0 Å². The van der Waals surface area contributed by atoms with Crippen molar-refractivity contribution in [2.24, 2.45) is 16.7 Å². The van der Waals surface area contributed by atoms with Crippen molar-refractivity contribution in [1.82, 2.24) is 0 Å². The molecule has 0 radical (unpaired) electrons. The molecule has 0 aromatic heterocycles. The molecular weight excluding hydrogens is 200 g/mol. The van der Waals surface area contributed by atoms with E-state index in [9.17, 15) is 0 Å². The van der Waals surface area contributed by atoms with Gasteiger partial charge in [0.2, 0.25) is 0 Å². The van der Waals surface area contributed by atoms with E-state index < -0.39 is 0 Å². The average molecular weight is 225 g/mol. The molecule has 4 aliphatic carbocycles. The zero-order valence-electron chi connectivity index (χ0n) is 10.7. The van der Waals surface area contributed by atoms with E-state index in [0.717, 1.165) is 10.7 Å². The third kappa shape index (κ3) is 1.41. The lowest BCUT2D eigenvalue weighted by molar-refractivity contribution is -0.0786. The lowest BCUT2D eigenvalue weighted by atomic mass is 9.45. The summed E-state index contributed by atoms with van der Waals surface area (Å²) < 4.78 is 0.753. The van der Waals surface area contributed by atoms with Crippen LogP contribution >= 0.6 is 0 Å². The normalized spacial score (nSPS) is 57.8. The van der Waals surface area contributed by atoms with E-state index in [2.05, 4.69) is 26.4 Å². The van der Waals surface area contributed by atoms with E-state index in [1.807, 2.05) is 0 Å². The second-order valence-corrected chi connectivity index (χ2v) is 10.1. The maximum Gasteiger partial charge on any atom is 0.129 e. The fourth-order valence-corrected chi connectivity index (χ4v) is 7.64. The maximum absolute atomic E-state index is 2.58. The van der Waals surface area contributed by atoms with Crippen molar-refractivity contribution < 1.29 is 0 Å². The highest BCUT2D eigenvalue weighted by Crippen LogP contribution is 2.68. The molecule has 0 amide bonds. The van der Waals surface area contributed by atoms with Crippen LogP contribution in [0.4, 0.5) is 0 Å². The summed E-state index contributed by atoms with van der Waals surface area (Å²) in [6.45, 7) is 5.16. The Balaban J connectivity index is 2.02. The Morgan fingerprint density at radius 3 is 1.80 bits per heavy atom. The summed E-state index contributed by atoms with van der Waals surface area (Å²) >= 11 is 0. The summed E-state index contributed by atoms with van der Waals surface area (Å²) in [5.74, 6) is 1.08. The summed E-state index contributed by atoms with van der Waals surface area (Å²) in [4.78, 5) is 0. The molecule has 0 aromatic rings. The molecule has 0 aliphatic heterocycles. The summed E-state index contributed by atoms with van der Waals surface area (Å²) in [6.07, 6.45) is 14.3. The van der Waals surface area contributed by atoms with Crippen molar-refractivity contribution in [3.8, 4) is 0 Å². The monoisotopic (exact) mass is 225 g/mol. The van der Waals surface area contributed by atoms with Crippen LogP contribution in [0.15, 0.2) is 0 Å². The van der Waals surface area contributed by atoms with Gasteiger partial charge in [-0.25, -0.2) is 0 Å². The molecule has 4 aliphatic rings. The Labute approximate surface area is 97.6 Å². The van der Waals surface area contributed by atoms with Crippen molar-refractivity contribution in [1.29, 1.82) is 0 Å². The van der Waals surface area contributed by atoms with E-state index in [-0.39, 0.29) is 0 Å². The lowest BCUT2D eigenvalue weighted by Crippen LogP contribution is -2.61. The van der Waals surface area contributed by atoms with Gasteiger partial charge >= 0.3 is 0 Å². The summed E-state index contributed by atoms with van der Waals surface area (Å²) in [5.41, 5.74) is 1.43. The molecular formula is C14H25S+. The molecule has 0 heterocycles. The molecule has 0 N–H and O–H groups in total. The molecule has 4 bridgehead atoms. The smallest absolute Gasteiger partial charge is 0.0594 e. The summed E-state index contributed by atoms with van der Waals surface area (Å²) in [7, 11) is 0.628. The second kappa shape index (κ2) is 2.78. The van der Waals surface area contributed by atoms with Crippen LogP contribution in [0.1, 0.15) is 52.4 Å². The fraction of sp³-hybridized carbons (Fsp3) is 1.00. The zero-order chi connectivity index (χ0) is 10.9. The Bertz CT molecular complexity index is 276. The zero-order valence-corrected chi connectivity index (χ0v) is 11.5. The molecule has 15 heavy (non-hydrogen) atoms. The first-order valence-corrected chi connectivity index (χ1v) is 8.47. The van der Waals surface area contributed by atoms with E-state index in [4.69, 9.17) is 0 Å². The predicted octanol–water partition coefficient (Wildman–Crippen LogP) is 3.61. The van der Waals surface area contributed by atoms with Crippen molar-refractivity contribution in [3.05, 3.63) is 0 Å². The molecule has 0 saturated heterocycles. The molecule has 1 heteroatoms. The van der Waals surface area contributed by atoms with Gasteiger partial charge in [-0.1, -0.05) is 13.8 Å². The largest absolute Gasteiger partial charge is 0.129 e. The molecule has 2 atom stereocenters. The predicted molar refractivity (Wildman–Crippen MR) is 69.4 cm³/mol. The van der Waals surface area contributed by atoms with Gasteiger partial charge < -0.3 is 0 Å². The van der Waals surface area contributed by atoms with Crippen molar-refractivity contribution in [3.63, 3.8) is 0 Å². The lowest BCUT2D eigenvalue weighted by Gasteiger charge is -2.63. The van der Waals surface area contributed by atoms with Crippen LogP contribution in [-0.4, -0.2) is 17.3 Å². The van der Waals surface area contributed by atoms with Crippen molar-refractivity contribution in [2.45, 2.75) is 57.1 Å². The van der Waals surface area contributed by atoms with E-state index in [0.29, 0.717) is 21.7 Å². The Hall–Kier alpha value is 0.350. The SMILES string of the molecule is C[S+](C)C12CC3CC(C)(CC(C)(C3)C1)C2. The van der Waals surface area contributed by atoms with E-state index in [1.54, 1.807) is 32.1 Å². The minimum Gasteiger partial charge on any atom is -0.0594 e. The number of rotatable bonds is 1. The van der Waals surface area contributed by atoms with Gasteiger partial charge in [-0.05, 0) is 46.9 Å². The van der Waals surface area contributed by atoms with E-state index in [1.165, 1.54) is 6.42 Å². The average Bonchev–Trinajstić information content (AvgIpc) is 1.95. The van der Waals surface area contributed by atoms with Gasteiger partial charge in [-0.15, -0.1) is 0 Å². The molecule has 0 aromatic carbocycles. The van der Waals surface area contributed by atoms with Gasteiger partial charge in [0.25, 0.3) is 0 Å². The first-order chi connectivity index (χ1) is 6.85. The minimum atomic E-state index is 0.628. The van der Waals surface area contributed by atoms with Gasteiger partial charge in [0.05, 0.1) is 12.5 Å². The first kappa shape index (κ1) is 10.5. The number of hydrogen-bond acceptors (Lipinski definition) is 0.